The van der Waals surface area contributed by atoms with E-state index in [9.17, 15) is 4.79 Å². The van der Waals surface area contributed by atoms with Crippen LogP contribution in [-0.2, 0) is 0 Å². The molecule has 0 spiro atoms. The van der Waals surface area contributed by atoms with Crippen molar-refractivity contribution in [3.63, 3.8) is 0 Å². The Balaban J connectivity index is 2.54. The first-order chi connectivity index (χ1) is 7.59. The molecule has 2 rings (SSSR count). The lowest BCUT2D eigenvalue weighted by Gasteiger charge is -2.01. The molecule has 0 aliphatic heterocycles. The summed E-state index contributed by atoms with van der Waals surface area (Å²) in [5, 5.41) is 4.70. The molecule has 0 aliphatic rings. The van der Waals surface area contributed by atoms with E-state index in [1.165, 1.54) is 13.0 Å². The largest absolute Gasteiger partial charge is 0.353 e. The van der Waals surface area contributed by atoms with Gasteiger partial charge in [0.2, 0.25) is 5.76 Å². The molecule has 1 heterocycles. The Bertz CT molecular complexity index is 528. The van der Waals surface area contributed by atoms with Gasteiger partial charge in [-0.2, -0.15) is 0 Å². The number of rotatable bonds is 2. The van der Waals surface area contributed by atoms with Crippen molar-refractivity contribution in [2.45, 2.75) is 6.92 Å². The average Bonchev–Trinajstić information content (AvgIpc) is 2.66. The Morgan fingerprint density at radius 2 is 1.94 bits per heavy atom. The summed E-state index contributed by atoms with van der Waals surface area (Å²) >= 11 is 12.0. The molecule has 0 fully saturated rings. The van der Waals surface area contributed by atoms with Crippen LogP contribution in [0.1, 0.15) is 17.5 Å². The molecule has 1 aromatic heterocycles. The van der Waals surface area contributed by atoms with E-state index in [0.29, 0.717) is 21.3 Å². The third kappa shape index (κ3) is 1.96. The maximum absolute atomic E-state index is 11.1. The maximum Gasteiger partial charge on any atom is 0.202 e. The fourth-order valence-corrected chi connectivity index (χ4v) is 1.89. The molecular formula is C11H7Cl2NO2. The normalized spacial score (nSPS) is 10.4. The zero-order chi connectivity index (χ0) is 11.7. The Labute approximate surface area is 102 Å². The van der Waals surface area contributed by atoms with E-state index < -0.39 is 0 Å². The van der Waals surface area contributed by atoms with Gasteiger partial charge in [-0.3, -0.25) is 4.79 Å². The zero-order valence-electron chi connectivity index (χ0n) is 8.33. The van der Waals surface area contributed by atoms with Crippen molar-refractivity contribution in [2.75, 3.05) is 0 Å². The second kappa shape index (κ2) is 4.28. The second-order valence-corrected chi connectivity index (χ2v) is 4.04. The highest BCUT2D eigenvalue weighted by Crippen LogP contribution is 2.33. The molecule has 0 unspecified atom stereocenters. The monoisotopic (exact) mass is 255 g/mol. The lowest BCUT2D eigenvalue weighted by atomic mass is 10.1. The fraction of sp³-hybridized carbons (Fsp3) is 0.0909. The van der Waals surface area contributed by atoms with Gasteiger partial charge in [0.15, 0.2) is 5.78 Å². The van der Waals surface area contributed by atoms with Gasteiger partial charge in [-0.1, -0.05) is 34.4 Å². The number of Topliss-reactive ketones (excluding diaryl/α,β-unsaturated/α-hetero) is 1. The number of hydrogen-bond donors (Lipinski definition) is 0. The van der Waals surface area contributed by atoms with Crippen LogP contribution < -0.4 is 0 Å². The predicted octanol–water partition coefficient (Wildman–Crippen LogP) is 3.85. The third-order valence-corrected chi connectivity index (χ3v) is 2.71. The number of hydrogen-bond acceptors (Lipinski definition) is 3. The summed E-state index contributed by atoms with van der Waals surface area (Å²) in [4.78, 5) is 11.1. The summed E-state index contributed by atoms with van der Waals surface area (Å²) in [5.74, 6) is -0.00656. The van der Waals surface area contributed by atoms with Crippen LogP contribution in [-0.4, -0.2) is 10.9 Å². The van der Waals surface area contributed by atoms with Gasteiger partial charge in [0.1, 0.15) is 5.69 Å². The number of carbonyl (C=O) groups excluding carboxylic acids is 1. The molecule has 16 heavy (non-hydrogen) atoms. The molecule has 0 atom stereocenters. The van der Waals surface area contributed by atoms with Crippen LogP contribution in [0.5, 0.6) is 0 Å². The van der Waals surface area contributed by atoms with Gasteiger partial charge in [0.25, 0.3) is 0 Å². The first-order valence-electron chi connectivity index (χ1n) is 4.51. The third-order valence-electron chi connectivity index (χ3n) is 2.08. The molecule has 0 amide bonds. The minimum absolute atomic E-state index is 0.186. The van der Waals surface area contributed by atoms with Crippen molar-refractivity contribution in [1.29, 1.82) is 0 Å². The standard InChI is InChI=1S/C11H7Cl2NO2/c1-6(15)10-5-9(14-16-10)11-7(12)3-2-4-8(11)13/h2-5H,1H3. The van der Waals surface area contributed by atoms with E-state index >= 15 is 0 Å². The summed E-state index contributed by atoms with van der Waals surface area (Å²) in [6.07, 6.45) is 0. The van der Waals surface area contributed by atoms with Gasteiger partial charge >= 0.3 is 0 Å². The molecular weight excluding hydrogens is 249 g/mol. The van der Waals surface area contributed by atoms with E-state index in [2.05, 4.69) is 5.16 Å². The molecule has 1 aromatic carbocycles. The Kier molecular flexibility index (Phi) is 2.99. The van der Waals surface area contributed by atoms with Gasteiger partial charge in [0, 0.05) is 18.6 Å². The molecule has 2 aromatic rings. The first kappa shape index (κ1) is 11.2. The molecule has 0 aliphatic carbocycles. The quantitative estimate of drug-likeness (QED) is 0.766. The van der Waals surface area contributed by atoms with Crippen molar-refractivity contribution in [1.82, 2.24) is 5.16 Å². The Morgan fingerprint density at radius 3 is 2.44 bits per heavy atom. The molecule has 0 radical (unpaired) electrons. The number of carbonyl (C=O) groups is 1. The van der Waals surface area contributed by atoms with Crippen LogP contribution in [0.25, 0.3) is 11.3 Å². The van der Waals surface area contributed by atoms with Crippen molar-refractivity contribution >= 4 is 29.0 Å². The molecule has 0 saturated carbocycles. The van der Waals surface area contributed by atoms with E-state index in [-0.39, 0.29) is 11.5 Å². The van der Waals surface area contributed by atoms with Crippen LogP contribution in [0.4, 0.5) is 0 Å². The molecule has 3 nitrogen and oxygen atoms in total. The smallest absolute Gasteiger partial charge is 0.202 e. The van der Waals surface area contributed by atoms with Crippen molar-refractivity contribution < 1.29 is 9.32 Å². The molecule has 5 heteroatoms. The summed E-state index contributed by atoms with van der Waals surface area (Å²) in [5.41, 5.74) is 1.03. The lowest BCUT2D eigenvalue weighted by Crippen LogP contribution is -1.86. The number of ketones is 1. The van der Waals surface area contributed by atoms with Crippen LogP contribution in [0, 0.1) is 0 Å². The molecule has 82 valence electrons. The maximum atomic E-state index is 11.1. The first-order valence-corrected chi connectivity index (χ1v) is 5.27. The molecule has 0 N–H and O–H groups in total. The van der Waals surface area contributed by atoms with Gasteiger partial charge in [-0.05, 0) is 12.1 Å². The summed E-state index contributed by atoms with van der Waals surface area (Å²) in [6.45, 7) is 1.40. The van der Waals surface area contributed by atoms with Crippen LogP contribution in [0.2, 0.25) is 10.0 Å². The Morgan fingerprint density at radius 1 is 1.31 bits per heavy atom. The lowest BCUT2D eigenvalue weighted by molar-refractivity contribution is 0.0978. The number of nitrogens with zero attached hydrogens (tertiary/aromatic N) is 1. The van der Waals surface area contributed by atoms with Crippen LogP contribution in [0.3, 0.4) is 0 Å². The van der Waals surface area contributed by atoms with Gasteiger partial charge in [0.05, 0.1) is 10.0 Å². The van der Waals surface area contributed by atoms with Gasteiger partial charge in [-0.15, -0.1) is 0 Å². The topological polar surface area (TPSA) is 43.1 Å². The highest BCUT2D eigenvalue weighted by atomic mass is 35.5. The van der Waals surface area contributed by atoms with Crippen molar-refractivity contribution in [3.05, 3.63) is 40.1 Å². The second-order valence-electron chi connectivity index (χ2n) is 3.23. The van der Waals surface area contributed by atoms with Crippen molar-refractivity contribution in [3.8, 4) is 11.3 Å². The van der Waals surface area contributed by atoms with E-state index in [1.54, 1.807) is 18.2 Å². The SMILES string of the molecule is CC(=O)c1cc(-c2c(Cl)cccc2Cl)no1. The van der Waals surface area contributed by atoms with E-state index in [0.717, 1.165) is 0 Å². The summed E-state index contributed by atoms with van der Waals surface area (Å²) in [6, 6.07) is 6.66. The zero-order valence-corrected chi connectivity index (χ0v) is 9.84. The minimum Gasteiger partial charge on any atom is -0.353 e. The minimum atomic E-state index is -0.193. The average molecular weight is 256 g/mol. The van der Waals surface area contributed by atoms with Crippen LogP contribution >= 0.6 is 23.2 Å². The van der Waals surface area contributed by atoms with E-state index in [1.807, 2.05) is 0 Å². The number of halogens is 2. The highest BCUT2D eigenvalue weighted by molar-refractivity contribution is 6.39. The number of aromatic nitrogens is 1. The van der Waals surface area contributed by atoms with Gasteiger partial charge < -0.3 is 4.52 Å². The summed E-state index contributed by atoms with van der Waals surface area (Å²) in [7, 11) is 0. The molecule has 0 bridgehead atoms. The van der Waals surface area contributed by atoms with Gasteiger partial charge in [-0.25, -0.2) is 0 Å². The Hall–Kier alpha value is -1.32. The number of benzene rings is 1. The highest BCUT2D eigenvalue weighted by Gasteiger charge is 2.14. The van der Waals surface area contributed by atoms with Crippen LogP contribution in [0.15, 0.2) is 28.8 Å². The molecule has 0 saturated heterocycles. The van der Waals surface area contributed by atoms with Crippen molar-refractivity contribution in [2.24, 2.45) is 0 Å². The summed E-state index contributed by atoms with van der Waals surface area (Å²) < 4.78 is 4.87. The fourth-order valence-electron chi connectivity index (χ4n) is 1.30. The predicted molar refractivity (Wildman–Crippen MR) is 62.0 cm³/mol. The van der Waals surface area contributed by atoms with E-state index in [4.69, 9.17) is 27.7 Å².